The minimum absolute atomic E-state index is 0.241. The minimum atomic E-state index is -4.75. The number of anilines is 1. The Bertz CT molecular complexity index is 874. The average molecular weight is 477 g/mol. The molecule has 2 rings (SSSR count). The first-order valence-electron chi connectivity index (χ1n) is 9.45. The standard InChI is InChI=1S/C20H24ClF3N4O2S/c1-13(11-18(29)26-15-8-9-25-17(21)12-15)19(16-7-5-4-6-10-28(16)3)31-27-14(2)30-20(22,23)24/h5,7-9,11-12,14,27H,4,6,10H2,1-3H3,(H,25,26,29)/b13-11+,19-16+. The van der Waals surface area contributed by atoms with E-state index < -0.39 is 18.5 Å². The van der Waals surface area contributed by atoms with Crippen molar-refractivity contribution in [1.82, 2.24) is 14.6 Å². The quantitative estimate of drug-likeness (QED) is 0.243. The van der Waals surface area contributed by atoms with Crippen LogP contribution in [-0.4, -0.2) is 42.0 Å². The summed E-state index contributed by atoms with van der Waals surface area (Å²) in [7, 11) is 1.90. The molecule has 0 aliphatic carbocycles. The van der Waals surface area contributed by atoms with Gasteiger partial charge in [0.25, 0.3) is 0 Å². The molecule has 0 fully saturated rings. The third-order valence-corrected chi connectivity index (χ3v) is 5.51. The molecule has 1 atom stereocenters. The number of ether oxygens (including phenoxy) is 1. The molecule has 1 aliphatic rings. The minimum Gasteiger partial charge on any atom is -0.374 e. The van der Waals surface area contributed by atoms with Crippen molar-refractivity contribution in [1.29, 1.82) is 0 Å². The van der Waals surface area contributed by atoms with Gasteiger partial charge in [-0.2, -0.15) is 0 Å². The highest BCUT2D eigenvalue weighted by Crippen LogP contribution is 2.30. The summed E-state index contributed by atoms with van der Waals surface area (Å²) in [4.78, 5) is 19.0. The predicted molar refractivity (Wildman–Crippen MR) is 117 cm³/mol. The number of nitrogens with one attached hydrogen (secondary N) is 2. The van der Waals surface area contributed by atoms with E-state index in [9.17, 15) is 18.0 Å². The molecule has 2 N–H and O–H groups in total. The summed E-state index contributed by atoms with van der Waals surface area (Å²) >= 11 is 6.81. The van der Waals surface area contributed by atoms with Crippen LogP contribution in [0.4, 0.5) is 18.9 Å². The summed E-state index contributed by atoms with van der Waals surface area (Å²) in [6.07, 6.45) is 2.55. The maximum Gasteiger partial charge on any atom is 0.524 e. The largest absolute Gasteiger partial charge is 0.524 e. The van der Waals surface area contributed by atoms with Gasteiger partial charge in [0.05, 0.1) is 5.70 Å². The number of carbonyl (C=O) groups excluding carboxylic acids is 1. The summed E-state index contributed by atoms with van der Waals surface area (Å²) < 4.78 is 44.1. The van der Waals surface area contributed by atoms with E-state index >= 15 is 0 Å². The summed E-state index contributed by atoms with van der Waals surface area (Å²) in [5, 5.41) is 2.93. The number of nitrogens with zero attached hydrogens (tertiary/aromatic N) is 2. The second-order valence-electron chi connectivity index (χ2n) is 6.79. The average Bonchev–Trinajstić information content (AvgIpc) is 2.85. The van der Waals surface area contributed by atoms with Crippen LogP contribution in [0.25, 0.3) is 0 Å². The normalized spacial score (nSPS) is 17.9. The molecule has 0 spiro atoms. The van der Waals surface area contributed by atoms with Crippen LogP contribution in [-0.2, 0) is 9.53 Å². The van der Waals surface area contributed by atoms with Gasteiger partial charge in [0.15, 0.2) is 0 Å². The van der Waals surface area contributed by atoms with Crippen molar-refractivity contribution in [2.45, 2.75) is 39.3 Å². The Hall–Kier alpha value is -2.01. The lowest BCUT2D eigenvalue weighted by Gasteiger charge is -2.24. The third kappa shape index (κ3) is 8.94. The van der Waals surface area contributed by atoms with Gasteiger partial charge in [-0.25, -0.2) is 9.71 Å². The van der Waals surface area contributed by atoms with E-state index in [1.807, 2.05) is 24.1 Å². The smallest absolute Gasteiger partial charge is 0.374 e. The molecule has 1 aromatic rings. The number of hydrogen-bond acceptors (Lipinski definition) is 6. The number of aromatic nitrogens is 1. The van der Waals surface area contributed by atoms with Gasteiger partial charge in [0.1, 0.15) is 11.4 Å². The van der Waals surface area contributed by atoms with Crippen LogP contribution >= 0.6 is 23.5 Å². The van der Waals surface area contributed by atoms with Gasteiger partial charge in [-0.15, -0.1) is 13.2 Å². The number of rotatable bonds is 7. The van der Waals surface area contributed by atoms with Gasteiger partial charge < -0.3 is 10.2 Å². The molecule has 1 amide bonds. The van der Waals surface area contributed by atoms with Crippen LogP contribution in [0.2, 0.25) is 5.15 Å². The Morgan fingerprint density at radius 2 is 2.19 bits per heavy atom. The molecule has 1 unspecified atom stereocenters. The van der Waals surface area contributed by atoms with Crippen molar-refractivity contribution in [2.75, 3.05) is 18.9 Å². The van der Waals surface area contributed by atoms with Crippen molar-refractivity contribution in [2.24, 2.45) is 0 Å². The van der Waals surface area contributed by atoms with Crippen LogP contribution in [0, 0.1) is 0 Å². The highest BCUT2D eigenvalue weighted by atomic mass is 35.5. The molecular weight excluding hydrogens is 453 g/mol. The lowest BCUT2D eigenvalue weighted by Crippen LogP contribution is -2.30. The molecule has 170 valence electrons. The van der Waals surface area contributed by atoms with Gasteiger partial charge in [-0.3, -0.25) is 9.53 Å². The molecule has 0 aromatic carbocycles. The lowest BCUT2D eigenvalue weighted by molar-refractivity contribution is -0.341. The van der Waals surface area contributed by atoms with Crippen LogP contribution in [0.15, 0.2) is 52.7 Å². The summed E-state index contributed by atoms with van der Waals surface area (Å²) in [5.74, 6) is -0.404. The Kier molecular flexibility index (Phi) is 9.42. The van der Waals surface area contributed by atoms with E-state index in [1.54, 1.807) is 13.0 Å². The van der Waals surface area contributed by atoms with Gasteiger partial charge >= 0.3 is 6.36 Å². The monoisotopic (exact) mass is 476 g/mol. The van der Waals surface area contributed by atoms with E-state index in [0.717, 1.165) is 37.0 Å². The number of pyridine rings is 1. The molecule has 0 radical (unpaired) electrons. The molecule has 11 heteroatoms. The Labute approximate surface area is 188 Å². The summed E-state index contributed by atoms with van der Waals surface area (Å²) in [6, 6.07) is 3.11. The Morgan fingerprint density at radius 3 is 2.87 bits per heavy atom. The topological polar surface area (TPSA) is 66.5 Å². The molecule has 31 heavy (non-hydrogen) atoms. The molecule has 0 bridgehead atoms. The second-order valence-corrected chi connectivity index (χ2v) is 8.03. The van der Waals surface area contributed by atoms with Gasteiger partial charge in [-0.05, 0) is 62.4 Å². The zero-order valence-corrected chi connectivity index (χ0v) is 18.9. The Morgan fingerprint density at radius 1 is 1.45 bits per heavy atom. The molecule has 0 saturated carbocycles. The first-order chi connectivity index (χ1) is 14.5. The fraction of sp³-hybridized carbons (Fsp3) is 0.400. The van der Waals surface area contributed by atoms with Crippen LogP contribution < -0.4 is 10.0 Å². The van der Waals surface area contributed by atoms with Crippen molar-refractivity contribution < 1.29 is 22.7 Å². The number of halogens is 4. The SMILES string of the molecule is CC(=C\C(=O)Nc1ccnc(Cl)c1)/C(SNC(C)OC(F)(F)F)=C1/C=CCCCN1C. The second kappa shape index (κ2) is 11.6. The molecule has 2 heterocycles. The molecule has 1 aliphatic heterocycles. The van der Waals surface area contributed by atoms with Crippen molar-refractivity contribution in [3.63, 3.8) is 0 Å². The number of amides is 1. The Balaban J connectivity index is 2.25. The van der Waals surface area contributed by atoms with Crippen molar-refractivity contribution in [3.05, 3.63) is 57.9 Å². The molecule has 0 saturated heterocycles. The zero-order chi connectivity index (χ0) is 23.0. The highest BCUT2D eigenvalue weighted by molar-refractivity contribution is 8.01. The van der Waals surface area contributed by atoms with Crippen LogP contribution in [0.5, 0.6) is 0 Å². The van der Waals surface area contributed by atoms with Gasteiger partial charge in [0, 0.05) is 36.5 Å². The number of allylic oxidation sites excluding steroid dienone is 3. The zero-order valence-electron chi connectivity index (χ0n) is 17.3. The maximum atomic E-state index is 12.5. The van der Waals surface area contributed by atoms with E-state index in [0.29, 0.717) is 16.2 Å². The first-order valence-corrected chi connectivity index (χ1v) is 10.6. The van der Waals surface area contributed by atoms with Crippen molar-refractivity contribution in [3.8, 4) is 0 Å². The number of carbonyl (C=O) groups is 1. The van der Waals surface area contributed by atoms with Gasteiger partial charge in [-0.1, -0.05) is 17.7 Å². The number of likely N-dealkylation sites (N-methyl/N-ethyl adjacent to an activating group) is 1. The van der Waals surface area contributed by atoms with E-state index in [1.165, 1.54) is 25.3 Å². The van der Waals surface area contributed by atoms with Crippen molar-refractivity contribution >= 4 is 35.1 Å². The number of hydrogen-bond donors (Lipinski definition) is 2. The predicted octanol–water partition coefficient (Wildman–Crippen LogP) is 5.23. The fourth-order valence-corrected chi connectivity index (χ4v) is 3.81. The molecular formula is C20H24ClF3N4O2S. The van der Waals surface area contributed by atoms with Gasteiger partial charge in [0.2, 0.25) is 5.91 Å². The highest BCUT2D eigenvalue weighted by Gasteiger charge is 2.32. The maximum absolute atomic E-state index is 12.5. The van der Waals surface area contributed by atoms with E-state index in [-0.39, 0.29) is 5.15 Å². The fourth-order valence-electron chi connectivity index (χ4n) is 2.76. The lowest BCUT2D eigenvalue weighted by atomic mass is 10.2. The molecule has 1 aromatic heterocycles. The van der Waals surface area contributed by atoms with Crippen LogP contribution in [0.1, 0.15) is 26.7 Å². The van der Waals surface area contributed by atoms with E-state index in [2.05, 4.69) is 19.8 Å². The first kappa shape index (κ1) is 25.3. The summed E-state index contributed by atoms with van der Waals surface area (Å²) in [5.41, 5.74) is 1.85. The summed E-state index contributed by atoms with van der Waals surface area (Å²) in [6.45, 7) is 3.75. The third-order valence-electron chi connectivity index (χ3n) is 4.12. The number of alkyl halides is 3. The van der Waals surface area contributed by atoms with E-state index in [4.69, 9.17) is 11.6 Å². The van der Waals surface area contributed by atoms with Crippen LogP contribution in [0.3, 0.4) is 0 Å². The molecule has 6 nitrogen and oxygen atoms in total.